The zero-order valence-electron chi connectivity index (χ0n) is 8.40. The summed E-state index contributed by atoms with van der Waals surface area (Å²) in [7, 11) is 0. The standard InChI is InChI=1S/C10H10N2O3S/c13-2-1-3-16-8-4-7(14)9-6(10(8)15)5-11-12-9/h4-5,13H,1-3H2,(H,11,12). The zero-order chi connectivity index (χ0) is 11.5. The first kappa shape index (κ1) is 11.1. The molecule has 0 saturated carbocycles. The van der Waals surface area contributed by atoms with E-state index < -0.39 is 0 Å². The number of rotatable bonds is 4. The lowest BCUT2D eigenvalue weighted by atomic mass is 10.0. The van der Waals surface area contributed by atoms with Crippen LogP contribution in [-0.2, 0) is 0 Å². The molecule has 1 aromatic heterocycles. The Hall–Kier alpha value is -1.40. The third kappa shape index (κ3) is 1.94. The summed E-state index contributed by atoms with van der Waals surface area (Å²) in [6.45, 7) is 0.0827. The second-order valence-corrected chi connectivity index (χ2v) is 4.42. The van der Waals surface area contributed by atoms with E-state index in [-0.39, 0.29) is 23.9 Å². The van der Waals surface area contributed by atoms with Gasteiger partial charge in [0.25, 0.3) is 0 Å². The molecule has 0 aromatic carbocycles. The SMILES string of the molecule is O=C1C(SCCCO)=CC(=O)c2[nH]ncc21. The fourth-order valence-corrected chi connectivity index (χ4v) is 2.31. The molecule has 1 aliphatic carbocycles. The highest BCUT2D eigenvalue weighted by atomic mass is 32.2. The Morgan fingerprint density at radius 1 is 1.44 bits per heavy atom. The van der Waals surface area contributed by atoms with Gasteiger partial charge in [-0.05, 0) is 6.42 Å². The van der Waals surface area contributed by atoms with Gasteiger partial charge in [-0.1, -0.05) is 0 Å². The molecule has 0 fully saturated rings. The van der Waals surface area contributed by atoms with Crippen LogP contribution in [0.2, 0.25) is 0 Å². The molecule has 1 aliphatic rings. The number of nitrogens with zero attached hydrogens (tertiary/aromatic N) is 1. The lowest BCUT2D eigenvalue weighted by Gasteiger charge is -2.09. The van der Waals surface area contributed by atoms with Crippen LogP contribution < -0.4 is 0 Å². The number of aromatic nitrogens is 2. The van der Waals surface area contributed by atoms with Crippen molar-refractivity contribution in [2.75, 3.05) is 12.4 Å². The molecule has 2 rings (SSSR count). The highest BCUT2D eigenvalue weighted by molar-refractivity contribution is 8.04. The Morgan fingerprint density at radius 2 is 2.25 bits per heavy atom. The van der Waals surface area contributed by atoms with Crippen LogP contribution in [0.25, 0.3) is 0 Å². The maximum absolute atomic E-state index is 11.9. The Labute approximate surface area is 95.9 Å². The second-order valence-electron chi connectivity index (χ2n) is 3.29. The van der Waals surface area contributed by atoms with Gasteiger partial charge in [0.1, 0.15) is 5.69 Å². The molecule has 0 bridgehead atoms. The largest absolute Gasteiger partial charge is 0.396 e. The summed E-state index contributed by atoms with van der Waals surface area (Å²) in [5.41, 5.74) is 0.593. The summed E-state index contributed by atoms with van der Waals surface area (Å²) in [6.07, 6.45) is 3.29. The number of hydrogen-bond acceptors (Lipinski definition) is 5. The highest BCUT2D eigenvalue weighted by Crippen LogP contribution is 2.27. The molecule has 1 aromatic rings. The zero-order valence-corrected chi connectivity index (χ0v) is 9.21. The molecule has 6 heteroatoms. The van der Waals surface area contributed by atoms with Crippen molar-refractivity contribution in [1.82, 2.24) is 10.2 Å². The molecule has 84 valence electrons. The first-order chi connectivity index (χ1) is 7.74. The van der Waals surface area contributed by atoms with Crippen molar-refractivity contribution in [1.29, 1.82) is 0 Å². The van der Waals surface area contributed by atoms with Crippen molar-refractivity contribution in [3.8, 4) is 0 Å². The quantitative estimate of drug-likeness (QED) is 0.758. The van der Waals surface area contributed by atoms with Gasteiger partial charge >= 0.3 is 0 Å². The summed E-state index contributed by atoms with van der Waals surface area (Å²) in [5.74, 6) is 0.221. The number of nitrogens with one attached hydrogen (secondary N) is 1. The number of allylic oxidation sites excluding steroid dienone is 2. The van der Waals surface area contributed by atoms with Gasteiger partial charge in [-0.15, -0.1) is 11.8 Å². The van der Waals surface area contributed by atoms with Crippen molar-refractivity contribution in [2.45, 2.75) is 6.42 Å². The van der Waals surface area contributed by atoms with Gasteiger partial charge in [-0.3, -0.25) is 14.7 Å². The molecule has 0 spiro atoms. The number of fused-ring (bicyclic) bond motifs is 1. The van der Waals surface area contributed by atoms with Crippen LogP contribution in [0.15, 0.2) is 17.2 Å². The van der Waals surface area contributed by atoms with E-state index in [2.05, 4.69) is 10.2 Å². The van der Waals surface area contributed by atoms with Crippen molar-refractivity contribution >= 4 is 23.3 Å². The van der Waals surface area contributed by atoms with Gasteiger partial charge in [0.2, 0.25) is 11.6 Å². The Kier molecular flexibility index (Phi) is 3.21. The molecule has 16 heavy (non-hydrogen) atoms. The number of ketones is 2. The lowest BCUT2D eigenvalue weighted by molar-refractivity contribution is 0.0989. The third-order valence-electron chi connectivity index (χ3n) is 2.18. The van der Waals surface area contributed by atoms with Crippen LogP contribution in [-0.4, -0.2) is 39.2 Å². The Bertz CT molecular complexity index is 464. The highest BCUT2D eigenvalue weighted by Gasteiger charge is 2.27. The Balaban J connectivity index is 2.17. The van der Waals surface area contributed by atoms with Crippen LogP contribution in [0.4, 0.5) is 0 Å². The molecule has 2 N–H and O–H groups in total. The Morgan fingerprint density at radius 3 is 3.00 bits per heavy atom. The minimum Gasteiger partial charge on any atom is -0.396 e. The molecule has 0 aliphatic heterocycles. The molecule has 1 heterocycles. The number of aliphatic hydroxyl groups is 1. The topological polar surface area (TPSA) is 83.0 Å². The van der Waals surface area contributed by atoms with Crippen molar-refractivity contribution in [3.05, 3.63) is 28.4 Å². The van der Waals surface area contributed by atoms with Crippen molar-refractivity contribution < 1.29 is 14.7 Å². The average molecular weight is 238 g/mol. The predicted octanol–water partition coefficient (Wildman–Crippen LogP) is 0.788. The molecule has 5 nitrogen and oxygen atoms in total. The van der Waals surface area contributed by atoms with E-state index in [1.54, 1.807) is 0 Å². The van der Waals surface area contributed by atoms with Crippen LogP contribution >= 0.6 is 11.8 Å². The number of thioether (sulfide) groups is 1. The van der Waals surface area contributed by atoms with E-state index in [9.17, 15) is 9.59 Å². The van der Waals surface area contributed by atoms with Crippen LogP contribution in [0.3, 0.4) is 0 Å². The number of aromatic amines is 1. The minimum atomic E-state index is -0.224. The minimum absolute atomic E-state index is 0.0827. The number of hydrogen-bond donors (Lipinski definition) is 2. The van der Waals surface area contributed by atoms with Gasteiger partial charge in [0, 0.05) is 18.4 Å². The van der Waals surface area contributed by atoms with Gasteiger partial charge in [0.05, 0.1) is 16.7 Å². The predicted molar refractivity (Wildman–Crippen MR) is 59.5 cm³/mol. The first-order valence-corrected chi connectivity index (χ1v) is 5.80. The number of H-pyrrole nitrogens is 1. The van der Waals surface area contributed by atoms with E-state index >= 15 is 0 Å². The molecule has 0 amide bonds. The lowest BCUT2D eigenvalue weighted by Crippen LogP contribution is -2.14. The second kappa shape index (κ2) is 4.63. The van der Waals surface area contributed by atoms with Gasteiger partial charge in [0.15, 0.2) is 0 Å². The molecule has 0 unspecified atom stereocenters. The van der Waals surface area contributed by atoms with E-state index in [0.29, 0.717) is 22.6 Å². The molecule has 0 radical (unpaired) electrons. The van der Waals surface area contributed by atoms with Gasteiger partial charge in [-0.25, -0.2) is 0 Å². The van der Waals surface area contributed by atoms with Gasteiger partial charge in [-0.2, -0.15) is 5.10 Å². The summed E-state index contributed by atoms with van der Waals surface area (Å²) < 4.78 is 0. The monoisotopic (exact) mass is 238 g/mol. The number of aliphatic hydroxyl groups excluding tert-OH is 1. The maximum atomic E-state index is 11.9. The van der Waals surface area contributed by atoms with Gasteiger partial charge < -0.3 is 5.11 Å². The van der Waals surface area contributed by atoms with E-state index in [1.807, 2.05) is 0 Å². The number of carbonyl (C=O) groups excluding carboxylic acids is 2. The first-order valence-electron chi connectivity index (χ1n) is 4.82. The van der Waals surface area contributed by atoms with E-state index in [1.165, 1.54) is 24.0 Å². The fraction of sp³-hybridized carbons (Fsp3) is 0.300. The smallest absolute Gasteiger partial charge is 0.205 e. The summed E-state index contributed by atoms with van der Waals surface area (Å²) in [5, 5.41) is 14.8. The summed E-state index contributed by atoms with van der Waals surface area (Å²) in [4.78, 5) is 23.8. The van der Waals surface area contributed by atoms with Crippen molar-refractivity contribution in [3.63, 3.8) is 0 Å². The molecule has 0 saturated heterocycles. The van der Waals surface area contributed by atoms with Crippen LogP contribution in [0.5, 0.6) is 0 Å². The van der Waals surface area contributed by atoms with E-state index in [4.69, 9.17) is 5.11 Å². The normalized spacial score (nSPS) is 14.9. The maximum Gasteiger partial charge on any atom is 0.205 e. The van der Waals surface area contributed by atoms with E-state index in [0.717, 1.165) is 0 Å². The average Bonchev–Trinajstić information content (AvgIpc) is 2.75. The van der Waals surface area contributed by atoms with Crippen LogP contribution in [0, 0.1) is 0 Å². The van der Waals surface area contributed by atoms with Crippen LogP contribution in [0.1, 0.15) is 27.3 Å². The summed E-state index contributed by atoms with van der Waals surface area (Å²) >= 11 is 1.29. The summed E-state index contributed by atoms with van der Waals surface area (Å²) in [6, 6.07) is 0. The third-order valence-corrected chi connectivity index (χ3v) is 3.28. The molecular weight excluding hydrogens is 228 g/mol. The fourth-order valence-electron chi connectivity index (χ4n) is 1.39. The van der Waals surface area contributed by atoms with Crippen molar-refractivity contribution in [2.24, 2.45) is 0 Å². The molecular formula is C10H10N2O3S. The molecule has 0 atom stereocenters. The number of carbonyl (C=O) groups is 2. The number of Topliss-reactive ketones (excluding diaryl/α,β-unsaturated/α-hetero) is 1.